The van der Waals surface area contributed by atoms with Crippen LogP contribution in [0.5, 0.6) is 0 Å². The van der Waals surface area contributed by atoms with Crippen molar-refractivity contribution in [2.24, 2.45) is 7.05 Å². The molecule has 0 aliphatic rings. The summed E-state index contributed by atoms with van der Waals surface area (Å²) in [6.45, 7) is 4.00. The topological polar surface area (TPSA) is 28.7 Å². The van der Waals surface area contributed by atoms with Crippen LogP contribution in [0.3, 0.4) is 0 Å². The lowest BCUT2D eigenvalue weighted by molar-refractivity contribution is 0.967. The Labute approximate surface area is 84.4 Å². The van der Waals surface area contributed by atoms with Crippen molar-refractivity contribution in [2.45, 2.75) is 13.8 Å². The second kappa shape index (κ2) is 4.48. The number of nitriles is 1. The molecule has 0 amide bonds. The Morgan fingerprint density at radius 2 is 1.86 bits per heavy atom. The molecule has 14 heavy (non-hydrogen) atoms. The van der Waals surface area contributed by atoms with E-state index in [-0.39, 0.29) is 0 Å². The molecule has 0 aliphatic carbocycles. The standard InChI is InChI=1S/C10H8N2.C2H6/c1-12-7-8(6-11)9-4-2-3-5-10(9)12;1-2/h2-5,7H,1H3;1-2H3. The summed E-state index contributed by atoms with van der Waals surface area (Å²) < 4.78 is 1.97. The van der Waals surface area contributed by atoms with Crippen LogP contribution >= 0.6 is 0 Å². The fourth-order valence-corrected chi connectivity index (χ4v) is 1.43. The third-order valence-corrected chi connectivity index (χ3v) is 2.02. The SMILES string of the molecule is CC.Cn1cc(C#N)c2ccccc21. The van der Waals surface area contributed by atoms with Gasteiger partial charge in [-0.3, -0.25) is 0 Å². The van der Waals surface area contributed by atoms with Crippen molar-refractivity contribution < 1.29 is 0 Å². The summed E-state index contributed by atoms with van der Waals surface area (Å²) in [5.41, 5.74) is 1.85. The van der Waals surface area contributed by atoms with E-state index in [0.29, 0.717) is 0 Å². The number of aryl methyl sites for hydroxylation is 1. The van der Waals surface area contributed by atoms with Crippen LogP contribution < -0.4 is 0 Å². The molecule has 1 aromatic heterocycles. The van der Waals surface area contributed by atoms with Gasteiger partial charge in [-0.2, -0.15) is 5.26 Å². The van der Waals surface area contributed by atoms with E-state index in [9.17, 15) is 0 Å². The molecule has 72 valence electrons. The van der Waals surface area contributed by atoms with Crippen LogP contribution in [0.1, 0.15) is 19.4 Å². The van der Waals surface area contributed by atoms with Gasteiger partial charge in [0, 0.05) is 24.1 Å². The van der Waals surface area contributed by atoms with Gasteiger partial charge in [0.1, 0.15) is 6.07 Å². The molecule has 2 nitrogen and oxygen atoms in total. The van der Waals surface area contributed by atoms with E-state index in [1.54, 1.807) is 0 Å². The van der Waals surface area contributed by atoms with Crippen molar-refractivity contribution in [3.63, 3.8) is 0 Å². The van der Waals surface area contributed by atoms with Crippen molar-refractivity contribution in [1.29, 1.82) is 5.26 Å². The van der Waals surface area contributed by atoms with Gasteiger partial charge >= 0.3 is 0 Å². The highest BCUT2D eigenvalue weighted by atomic mass is 14.9. The van der Waals surface area contributed by atoms with Crippen LogP contribution in [0, 0.1) is 11.3 Å². The highest BCUT2D eigenvalue weighted by Gasteiger charge is 2.02. The molecule has 2 heteroatoms. The lowest BCUT2D eigenvalue weighted by Gasteiger charge is -1.92. The van der Waals surface area contributed by atoms with Gasteiger partial charge in [-0.05, 0) is 6.07 Å². The Kier molecular flexibility index (Phi) is 3.30. The van der Waals surface area contributed by atoms with E-state index in [1.807, 2.05) is 55.9 Å². The highest BCUT2D eigenvalue weighted by molar-refractivity contribution is 5.86. The Bertz CT molecular complexity index is 461. The average molecular weight is 186 g/mol. The first-order chi connectivity index (χ1) is 6.83. The quantitative estimate of drug-likeness (QED) is 0.621. The lowest BCUT2D eigenvalue weighted by atomic mass is 10.2. The molecule has 0 saturated heterocycles. The predicted octanol–water partition coefficient (Wildman–Crippen LogP) is 3.08. The molecule has 0 saturated carbocycles. The van der Waals surface area contributed by atoms with E-state index in [0.717, 1.165) is 16.5 Å². The molecule has 1 aromatic carbocycles. The van der Waals surface area contributed by atoms with E-state index in [1.165, 1.54) is 0 Å². The lowest BCUT2D eigenvalue weighted by Crippen LogP contribution is -1.81. The molecule has 0 spiro atoms. The largest absolute Gasteiger partial charge is 0.349 e. The molecule has 0 radical (unpaired) electrons. The summed E-state index contributed by atoms with van der Waals surface area (Å²) in [6.07, 6.45) is 1.85. The maximum atomic E-state index is 8.79. The molecular formula is C12H14N2. The van der Waals surface area contributed by atoms with Gasteiger partial charge in [0.05, 0.1) is 5.56 Å². The first kappa shape index (κ1) is 10.3. The molecule has 2 aromatic rings. The Hall–Kier alpha value is -1.75. The van der Waals surface area contributed by atoms with Crippen molar-refractivity contribution in [1.82, 2.24) is 4.57 Å². The van der Waals surface area contributed by atoms with Crippen molar-refractivity contribution in [3.8, 4) is 6.07 Å². The zero-order valence-electron chi connectivity index (χ0n) is 8.78. The van der Waals surface area contributed by atoms with Crippen LogP contribution in [0.4, 0.5) is 0 Å². The first-order valence-corrected chi connectivity index (χ1v) is 4.77. The summed E-state index contributed by atoms with van der Waals surface area (Å²) in [6, 6.07) is 10.1. The molecular weight excluding hydrogens is 172 g/mol. The monoisotopic (exact) mass is 186 g/mol. The van der Waals surface area contributed by atoms with Crippen molar-refractivity contribution in [3.05, 3.63) is 36.0 Å². The molecule has 0 N–H and O–H groups in total. The van der Waals surface area contributed by atoms with Gasteiger partial charge in [0.2, 0.25) is 0 Å². The van der Waals surface area contributed by atoms with Gasteiger partial charge in [-0.25, -0.2) is 0 Å². The second-order valence-corrected chi connectivity index (χ2v) is 2.78. The minimum atomic E-state index is 0.744. The van der Waals surface area contributed by atoms with Crippen molar-refractivity contribution >= 4 is 10.9 Å². The summed E-state index contributed by atoms with van der Waals surface area (Å²) in [5, 5.41) is 9.82. The Morgan fingerprint density at radius 1 is 1.21 bits per heavy atom. The average Bonchev–Trinajstić information content (AvgIpc) is 2.59. The number of para-hydroxylation sites is 1. The molecule has 0 bridgehead atoms. The maximum Gasteiger partial charge on any atom is 0.101 e. The number of nitrogens with zero attached hydrogens (tertiary/aromatic N) is 2. The van der Waals surface area contributed by atoms with Crippen LogP contribution in [0.15, 0.2) is 30.5 Å². The normalized spacial score (nSPS) is 9.00. The maximum absolute atomic E-state index is 8.79. The van der Waals surface area contributed by atoms with Gasteiger partial charge in [0.25, 0.3) is 0 Å². The third-order valence-electron chi connectivity index (χ3n) is 2.02. The molecule has 0 unspecified atom stereocenters. The highest BCUT2D eigenvalue weighted by Crippen LogP contribution is 2.18. The summed E-state index contributed by atoms with van der Waals surface area (Å²) in [7, 11) is 1.95. The number of benzene rings is 1. The molecule has 0 atom stereocenters. The van der Waals surface area contributed by atoms with Crippen LogP contribution in [0.2, 0.25) is 0 Å². The summed E-state index contributed by atoms with van der Waals surface area (Å²) in [4.78, 5) is 0. The number of hydrogen-bond donors (Lipinski definition) is 0. The fraction of sp³-hybridized carbons (Fsp3) is 0.250. The summed E-state index contributed by atoms with van der Waals surface area (Å²) in [5.74, 6) is 0. The molecule has 0 aliphatic heterocycles. The number of hydrogen-bond acceptors (Lipinski definition) is 1. The summed E-state index contributed by atoms with van der Waals surface area (Å²) >= 11 is 0. The Balaban J connectivity index is 0.000000461. The number of aromatic nitrogens is 1. The molecule has 2 rings (SSSR count). The minimum absolute atomic E-state index is 0.744. The number of rotatable bonds is 0. The van der Waals surface area contributed by atoms with Gasteiger partial charge in [-0.1, -0.05) is 32.0 Å². The van der Waals surface area contributed by atoms with Crippen LogP contribution in [0.25, 0.3) is 10.9 Å². The van der Waals surface area contributed by atoms with E-state index >= 15 is 0 Å². The fourth-order valence-electron chi connectivity index (χ4n) is 1.43. The van der Waals surface area contributed by atoms with Crippen LogP contribution in [-0.2, 0) is 7.05 Å². The zero-order chi connectivity index (χ0) is 10.6. The molecule has 1 heterocycles. The second-order valence-electron chi connectivity index (χ2n) is 2.78. The third kappa shape index (κ3) is 1.62. The van der Waals surface area contributed by atoms with E-state index < -0.39 is 0 Å². The smallest absolute Gasteiger partial charge is 0.101 e. The van der Waals surface area contributed by atoms with Crippen LogP contribution in [-0.4, -0.2) is 4.57 Å². The van der Waals surface area contributed by atoms with Gasteiger partial charge < -0.3 is 4.57 Å². The number of fused-ring (bicyclic) bond motifs is 1. The van der Waals surface area contributed by atoms with Crippen molar-refractivity contribution in [2.75, 3.05) is 0 Å². The Morgan fingerprint density at radius 3 is 2.50 bits per heavy atom. The van der Waals surface area contributed by atoms with Gasteiger partial charge in [-0.15, -0.1) is 0 Å². The van der Waals surface area contributed by atoms with Gasteiger partial charge in [0.15, 0.2) is 0 Å². The van der Waals surface area contributed by atoms with E-state index in [4.69, 9.17) is 5.26 Å². The minimum Gasteiger partial charge on any atom is -0.349 e. The van der Waals surface area contributed by atoms with E-state index in [2.05, 4.69) is 6.07 Å². The first-order valence-electron chi connectivity index (χ1n) is 4.77. The zero-order valence-corrected chi connectivity index (χ0v) is 8.78. The predicted molar refractivity (Wildman–Crippen MR) is 59.0 cm³/mol. The molecule has 0 fully saturated rings.